The highest BCUT2D eigenvalue weighted by molar-refractivity contribution is 6.30. The van der Waals surface area contributed by atoms with E-state index in [-0.39, 0.29) is 11.1 Å². The van der Waals surface area contributed by atoms with E-state index in [0.717, 1.165) is 30.8 Å². The fourth-order valence-electron chi connectivity index (χ4n) is 4.34. The van der Waals surface area contributed by atoms with Crippen LogP contribution >= 0.6 is 23.2 Å². The van der Waals surface area contributed by atoms with Crippen molar-refractivity contribution in [2.75, 3.05) is 32.8 Å². The Hall–Kier alpha value is -2.84. The molecule has 1 aliphatic rings. The van der Waals surface area contributed by atoms with E-state index >= 15 is 0 Å². The van der Waals surface area contributed by atoms with Crippen molar-refractivity contribution in [1.29, 1.82) is 0 Å². The lowest BCUT2D eigenvalue weighted by atomic mass is 10.1. The van der Waals surface area contributed by atoms with Gasteiger partial charge in [-0.25, -0.2) is 0 Å². The zero-order valence-electron chi connectivity index (χ0n) is 18.5. The van der Waals surface area contributed by atoms with Crippen molar-refractivity contribution in [2.45, 2.75) is 13.1 Å². The molecule has 0 saturated carbocycles. The standard InChI is InChI=1S/C25H24Cl2N4O3/c26-19-5-1-17(2-6-19)16-30-22(32)15-21-23(24(30)18-3-7-20(27)8-4-18)25(33)31(28-21)10-9-29-11-13-34-14-12-29/h1-8,15,28H,9-14,16H2. The number of morpholine rings is 1. The predicted octanol–water partition coefficient (Wildman–Crippen LogP) is 3.85. The van der Waals surface area contributed by atoms with E-state index < -0.39 is 0 Å². The summed E-state index contributed by atoms with van der Waals surface area (Å²) >= 11 is 12.2. The second-order valence-electron chi connectivity index (χ2n) is 8.36. The number of aromatic nitrogens is 3. The first kappa shape index (κ1) is 22.9. The number of hydrogen-bond acceptors (Lipinski definition) is 4. The third-order valence-electron chi connectivity index (χ3n) is 6.14. The van der Waals surface area contributed by atoms with Gasteiger partial charge in [0.25, 0.3) is 11.1 Å². The maximum absolute atomic E-state index is 13.6. The van der Waals surface area contributed by atoms with E-state index in [9.17, 15) is 9.59 Å². The molecule has 1 N–H and O–H groups in total. The van der Waals surface area contributed by atoms with Crippen LogP contribution < -0.4 is 11.1 Å². The number of fused-ring (bicyclic) bond motifs is 1. The Labute approximate surface area is 206 Å². The summed E-state index contributed by atoms with van der Waals surface area (Å²) < 4.78 is 8.63. The van der Waals surface area contributed by atoms with Crippen LogP contribution in [0.15, 0.2) is 64.2 Å². The lowest BCUT2D eigenvalue weighted by molar-refractivity contribution is 0.0359. The number of rotatable bonds is 6. The molecule has 4 aromatic rings. The lowest BCUT2D eigenvalue weighted by Gasteiger charge is -2.26. The Bertz CT molecular complexity index is 1420. The first-order valence-electron chi connectivity index (χ1n) is 11.2. The molecule has 1 saturated heterocycles. The van der Waals surface area contributed by atoms with Crippen molar-refractivity contribution < 1.29 is 4.74 Å². The molecular weight excluding hydrogens is 475 g/mol. The second kappa shape index (κ2) is 9.80. The van der Waals surface area contributed by atoms with Crippen LogP contribution in [0.2, 0.25) is 10.0 Å². The number of aromatic amines is 1. The molecule has 0 aliphatic carbocycles. The van der Waals surface area contributed by atoms with Crippen LogP contribution in [-0.4, -0.2) is 52.1 Å². The van der Waals surface area contributed by atoms with Crippen molar-refractivity contribution in [3.05, 3.63) is 90.9 Å². The molecule has 9 heteroatoms. The topological polar surface area (TPSA) is 72.3 Å². The van der Waals surface area contributed by atoms with Gasteiger partial charge in [-0.15, -0.1) is 0 Å². The van der Waals surface area contributed by atoms with Crippen LogP contribution in [0.1, 0.15) is 5.56 Å². The summed E-state index contributed by atoms with van der Waals surface area (Å²) in [5.74, 6) is 0. The molecule has 0 spiro atoms. The monoisotopic (exact) mass is 498 g/mol. The van der Waals surface area contributed by atoms with E-state index in [1.54, 1.807) is 33.5 Å². The Kier molecular flexibility index (Phi) is 6.61. The molecular formula is C25H24Cl2N4O3. The average Bonchev–Trinajstić information content (AvgIpc) is 3.15. The second-order valence-corrected chi connectivity index (χ2v) is 9.23. The van der Waals surface area contributed by atoms with E-state index in [1.165, 1.54) is 6.07 Å². The van der Waals surface area contributed by atoms with Crippen molar-refractivity contribution in [1.82, 2.24) is 19.2 Å². The Balaban J connectivity index is 1.62. The van der Waals surface area contributed by atoms with E-state index in [1.807, 2.05) is 24.3 Å². The third kappa shape index (κ3) is 4.70. The quantitative estimate of drug-likeness (QED) is 0.438. The van der Waals surface area contributed by atoms with Crippen molar-refractivity contribution in [3.8, 4) is 11.3 Å². The van der Waals surface area contributed by atoms with E-state index in [2.05, 4.69) is 10.00 Å². The normalized spacial score (nSPS) is 14.6. The smallest absolute Gasteiger partial charge is 0.276 e. The largest absolute Gasteiger partial charge is 0.379 e. The molecule has 0 bridgehead atoms. The van der Waals surface area contributed by atoms with Gasteiger partial charge in [0.2, 0.25) is 0 Å². The van der Waals surface area contributed by atoms with Crippen LogP contribution in [0.25, 0.3) is 22.2 Å². The van der Waals surface area contributed by atoms with E-state index in [4.69, 9.17) is 27.9 Å². The number of halogens is 2. The van der Waals surface area contributed by atoms with Crippen LogP contribution in [-0.2, 0) is 17.8 Å². The van der Waals surface area contributed by atoms with Gasteiger partial charge in [0.05, 0.1) is 42.9 Å². The van der Waals surface area contributed by atoms with Crippen LogP contribution in [0, 0.1) is 0 Å². The molecule has 1 fully saturated rings. The molecule has 0 atom stereocenters. The molecule has 7 nitrogen and oxygen atoms in total. The Morgan fingerprint density at radius 2 is 1.53 bits per heavy atom. The summed E-state index contributed by atoms with van der Waals surface area (Å²) in [5.41, 5.74) is 2.39. The van der Waals surface area contributed by atoms with Gasteiger partial charge in [-0.3, -0.25) is 24.3 Å². The number of nitrogens with zero attached hydrogens (tertiary/aromatic N) is 3. The zero-order chi connectivity index (χ0) is 23.7. The summed E-state index contributed by atoms with van der Waals surface area (Å²) in [4.78, 5) is 29.1. The minimum Gasteiger partial charge on any atom is -0.379 e. The Morgan fingerprint density at radius 1 is 0.882 bits per heavy atom. The van der Waals surface area contributed by atoms with Gasteiger partial charge in [0.15, 0.2) is 0 Å². The molecule has 3 heterocycles. The predicted molar refractivity (Wildman–Crippen MR) is 135 cm³/mol. The number of pyridine rings is 1. The third-order valence-corrected chi connectivity index (χ3v) is 6.64. The Morgan fingerprint density at radius 3 is 2.21 bits per heavy atom. The first-order chi connectivity index (χ1) is 16.5. The highest BCUT2D eigenvalue weighted by Crippen LogP contribution is 2.27. The molecule has 5 rings (SSSR count). The van der Waals surface area contributed by atoms with Crippen LogP contribution in [0.4, 0.5) is 0 Å². The average molecular weight is 499 g/mol. The number of hydrogen-bond donors (Lipinski definition) is 1. The molecule has 0 amide bonds. The summed E-state index contributed by atoms with van der Waals surface area (Å²) in [5, 5.41) is 4.84. The van der Waals surface area contributed by atoms with Crippen LogP contribution in [0.3, 0.4) is 0 Å². The van der Waals surface area contributed by atoms with Gasteiger partial charge < -0.3 is 9.30 Å². The summed E-state index contributed by atoms with van der Waals surface area (Å²) in [6, 6.07) is 16.0. The molecule has 2 aromatic carbocycles. The van der Waals surface area contributed by atoms with Crippen LogP contribution in [0.5, 0.6) is 0 Å². The number of ether oxygens (including phenoxy) is 1. The highest BCUT2D eigenvalue weighted by Gasteiger charge is 2.20. The fraction of sp³-hybridized carbons (Fsp3) is 0.280. The van der Waals surface area contributed by atoms with Gasteiger partial charge >= 0.3 is 0 Å². The van der Waals surface area contributed by atoms with Gasteiger partial charge in [-0.1, -0.05) is 47.5 Å². The van der Waals surface area contributed by atoms with E-state index in [0.29, 0.717) is 52.9 Å². The van der Waals surface area contributed by atoms with Gasteiger partial charge in [0, 0.05) is 35.7 Å². The molecule has 176 valence electrons. The minimum absolute atomic E-state index is 0.155. The number of H-pyrrole nitrogens is 1. The molecule has 0 unspecified atom stereocenters. The van der Waals surface area contributed by atoms with Crippen molar-refractivity contribution in [2.24, 2.45) is 0 Å². The van der Waals surface area contributed by atoms with Gasteiger partial charge in [-0.2, -0.15) is 0 Å². The number of benzene rings is 2. The molecule has 0 radical (unpaired) electrons. The molecule has 1 aliphatic heterocycles. The minimum atomic E-state index is -0.200. The molecule has 2 aromatic heterocycles. The SMILES string of the molecule is O=c1c2c(-c3ccc(Cl)cc3)n(Cc3ccc(Cl)cc3)c(=O)cc2[nH]n1CCN1CCOCC1. The zero-order valence-corrected chi connectivity index (χ0v) is 20.0. The summed E-state index contributed by atoms with van der Waals surface area (Å²) in [7, 11) is 0. The van der Waals surface area contributed by atoms with Gasteiger partial charge in [-0.05, 0) is 35.4 Å². The fourth-order valence-corrected chi connectivity index (χ4v) is 4.59. The number of nitrogens with one attached hydrogen (secondary N) is 1. The lowest BCUT2D eigenvalue weighted by Crippen LogP contribution is -2.39. The van der Waals surface area contributed by atoms with Crippen molar-refractivity contribution >= 4 is 34.1 Å². The maximum atomic E-state index is 13.6. The first-order valence-corrected chi connectivity index (χ1v) is 11.9. The summed E-state index contributed by atoms with van der Waals surface area (Å²) in [6.07, 6.45) is 0. The summed E-state index contributed by atoms with van der Waals surface area (Å²) in [6.45, 7) is 4.62. The van der Waals surface area contributed by atoms with Gasteiger partial charge in [0.1, 0.15) is 0 Å². The van der Waals surface area contributed by atoms with Crippen molar-refractivity contribution in [3.63, 3.8) is 0 Å². The highest BCUT2D eigenvalue weighted by atomic mass is 35.5. The molecule has 34 heavy (non-hydrogen) atoms. The maximum Gasteiger partial charge on any atom is 0.276 e.